The lowest BCUT2D eigenvalue weighted by molar-refractivity contribution is -0.144. The molecular weight excluding hydrogens is 769 g/mol. The normalized spacial score (nSPS) is 14.0. The zero-order chi connectivity index (χ0) is 38.5. The number of aromatic nitrogens is 3. The van der Waals surface area contributed by atoms with Crippen molar-refractivity contribution < 1.29 is 27.9 Å². The van der Waals surface area contributed by atoms with Gasteiger partial charge in [-0.05, 0) is 31.5 Å². The summed E-state index contributed by atoms with van der Waals surface area (Å²) in [6.45, 7) is 2.76. The highest BCUT2D eigenvalue weighted by atomic mass is 35.5. The number of rotatable bonds is 15. The van der Waals surface area contributed by atoms with Crippen molar-refractivity contribution in [3.8, 4) is 28.3 Å². The van der Waals surface area contributed by atoms with Crippen LogP contribution < -0.4 is 31.8 Å². The summed E-state index contributed by atoms with van der Waals surface area (Å²) in [5.41, 5.74) is 4.90. The highest BCUT2D eigenvalue weighted by molar-refractivity contribution is 7.18. The molecule has 0 spiro atoms. The van der Waals surface area contributed by atoms with Crippen LogP contribution in [0.1, 0.15) is 34.9 Å². The fourth-order valence-corrected chi connectivity index (χ4v) is 7.62. The molecule has 1 aliphatic rings. The van der Waals surface area contributed by atoms with Gasteiger partial charge in [-0.15, -0.1) is 11.3 Å². The van der Waals surface area contributed by atoms with Crippen LogP contribution >= 0.6 is 34.5 Å². The van der Waals surface area contributed by atoms with Gasteiger partial charge < -0.3 is 39.6 Å². The van der Waals surface area contributed by atoms with Crippen LogP contribution in [0.4, 0.5) is 11.5 Å². The molecule has 5 heterocycles. The fourth-order valence-electron chi connectivity index (χ4n) is 6.09. The first kappa shape index (κ1) is 38.0. The summed E-state index contributed by atoms with van der Waals surface area (Å²) in [6, 6.07) is 17.2. The van der Waals surface area contributed by atoms with Crippen LogP contribution in [-0.2, 0) is 34.0 Å². The second kappa shape index (κ2) is 17.0. The minimum Gasteiger partial charge on any atom is -0.481 e. The molecule has 284 valence electrons. The largest absolute Gasteiger partial charge is 0.519 e. The second-order valence-electron chi connectivity index (χ2n) is 12.6. The maximum atomic E-state index is 12.2. The number of hydrogen-bond acceptors (Lipinski definition) is 14. The Kier molecular flexibility index (Phi) is 11.7. The predicted octanol–water partition coefficient (Wildman–Crippen LogP) is 6.54. The molecule has 4 N–H and O–H groups in total. The Morgan fingerprint density at radius 2 is 1.78 bits per heavy atom. The SMILES string of the molecule is COc1nc(-c2cccc(-c3cccc(Nc4nccc5sc(CNCC(=O)OCc6oc(=O)oc6C)nc45)c3Cl)c2Cl)ccc1CNCC1CCC(=O)N1. The van der Waals surface area contributed by atoms with Crippen LogP contribution in [0.2, 0.25) is 10.0 Å². The van der Waals surface area contributed by atoms with Gasteiger partial charge in [0.25, 0.3) is 0 Å². The van der Waals surface area contributed by atoms with E-state index >= 15 is 0 Å². The van der Waals surface area contributed by atoms with Gasteiger partial charge in [0.1, 0.15) is 10.5 Å². The third-order valence-electron chi connectivity index (χ3n) is 8.84. The van der Waals surface area contributed by atoms with Gasteiger partial charge in [0.05, 0.1) is 39.8 Å². The smallest absolute Gasteiger partial charge is 0.481 e. The summed E-state index contributed by atoms with van der Waals surface area (Å²) in [5, 5.41) is 14.4. The molecule has 7 rings (SSSR count). The molecule has 2 aromatic carbocycles. The standard InChI is InChI=1S/C38H35Cl2N7O7S/c1-20-28(54-38(50)53-20)19-52-32(49)18-42-17-31-47-35-29(55-31)13-14-43-36(35)45-27-8-4-6-24(34(27)40)23-5-3-7-25(33(23)39)26-11-9-21(37(46-26)51-2)15-41-16-22-10-12-30(48)44-22/h3-9,11,13-14,22,41-42H,10,12,15-19H2,1-2H3,(H,43,45)(H,44,48). The molecular formula is C38H35Cl2N7O7S. The number of thiazole rings is 1. The molecule has 1 aliphatic heterocycles. The van der Waals surface area contributed by atoms with E-state index in [1.807, 2.05) is 54.6 Å². The minimum atomic E-state index is -0.845. The number of pyridine rings is 2. The molecule has 0 aliphatic carbocycles. The fraction of sp³-hybridized carbons (Fsp3) is 0.263. The van der Waals surface area contributed by atoms with Crippen LogP contribution in [-0.4, -0.2) is 53.1 Å². The summed E-state index contributed by atoms with van der Waals surface area (Å²) < 4.78 is 21.3. The number of carbonyl (C=O) groups is 2. The maximum Gasteiger partial charge on any atom is 0.519 e. The number of fused-ring (bicyclic) bond motifs is 1. The molecule has 0 radical (unpaired) electrons. The molecule has 1 unspecified atom stereocenters. The van der Waals surface area contributed by atoms with Crippen molar-refractivity contribution in [1.82, 2.24) is 30.9 Å². The number of nitrogens with zero attached hydrogens (tertiary/aromatic N) is 3. The molecule has 1 atom stereocenters. The lowest BCUT2D eigenvalue weighted by Crippen LogP contribution is -2.35. The van der Waals surface area contributed by atoms with Crippen molar-refractivity contribution in [3.63, 3.8) is 0 Å². The minimum absolute atomic E-state index is 0.0811. The Balaban J connectivity index is 1.03. The molecule has 1 amide bonds. The van der Waals surface area contributed by atoms with Crippen molar-refractivity contribution in [2.75, 3.05) is 25.5 Å². The van der Waals surface area contributed by atoms with Gasteiger partial charge in [-0.25, -0.2) is 19.7 Å². The molecule has 0 bridgehead atoms. The number of halogens is 2. The van der Waals surface area contributed by atoms with Crippen molar-refractivity contribution in [1.29, 1.82) is 0 Å². The number of anilines is 2. The molecule has 55 heavy (non-hydrogen) atoms. The van der Waals surface area contributed by atoms with E-state index in [1.54, 1.807) is 20.2 Å². The number of nitrogens with one attached hydrogen (secondary N) is 4. The second-order valence-corrected chi connectivity index (χ2v) is 14.4. The van der Waals surface area contributed by atoms with Gasteiger partial charge in [0.15, 0.2) is 23.9 Å². The number of amides is 1. The average Bonchev–Trinajstić information content (AvgIpc) is 3.89. The summed E-state index contributed by atoms with van der Waals surface area (Å²) >= 11 is 15.6. The van der Waals surface area contributed by atoms with Crippen LogP contribution in [0.25, 0.3) is 32.6 Å². The molecule has 4 aromatic heterocycles. The van der Waals surface area contributed by atoms with Crippen LogP contribution in [0.15, 0.2) is 74.4 Å². The molecule has 14 nitrogen and oxygen atoms in total. The third kappa shape index (κ3) is 8.82. The molecule has 0 saturated carbocycles. The number of hydrogen-bond donors (Lipinski definition) is 4. The Labute approximate surface area is 328 Å². The number of ether oxygens (including phenoxy) is 2. The Morgan fingerprint density at radius 1 is 0.982 bits per heavy atom. The van der Waals surface area contributed by atoms with E-state index in [0.29, 0.717) is 81.4 Å². The number of esters is 1. The predicted molar refractivity (Wildman–Crippen MR) is 209 cm³/mol. The quantitative estimate of drug-likeness (QED) is 0.0823. The van der Waals surface area contributed by atoms with Gasteiger partial charge in [-0.3, -0.25) is 9.59 Å². The van der Waals surface area contributed by atoms with Crippen LogP contribution in [0.3, 0.4) is 0 Å². The Bertz CT molecular complexity index is 2430. The van der Waals surface area contributed by atoms with Crippen LogP contribution in [0.5, 0.6) is 5.88 Å². The number of carbonyl (C=O) groups excluding carboxylic acids is 2. The van der Waals surface area contributed by atoms with E-state index < -0.39 is 11.8 Å². The van der Waals surface area contributed by atoms with Gasteiger partial charge in [-0.2, -0.15) is 0 Å². The lowest BCUT2D eigenvalue weighted by atomic mass is 10.00. The molecule has 6 aromatic rings. The van der Waals surface area contributed by atoms with Crippen molar-refractivity contribution >= 4 is 68.1 Å². The summed E-state index contributed by atoms with van der Waals surface area (Å²) in [7, 11) is 1.58. The monoisotopic (exact) mass is 803 g/mol. The van der Waals surface area contributed by atoms with E-state index in [1.165, 1.54) is 11.3 Å². The summed E-state index contributed by atoms with van der Waals surface area (Å²) in [6.07, 6.45) is 3.06. The first-order valence-corrected chi connectivity index (χ1v) is 18.8. The topological polar surface area (TPSA) is 183 Å². The summed E-state index contributed by atoms with van der Waals surface area (Å²) in [4.78, 5) is 49.0. The van der Waals surface area contributed by atoms with Gasteiger partial charge in [-0.1, -0.05) is 59.6 Å². The van der Waals surface area contributed by atoms with Crippen molar-refractivity contribution in [3.05, 3.63) is 104 Å². The van der Waals surface area contributed by atoms with Gasteiger partial charge in [0, 0.05) is 60.5 Å². The van der Waals surface area contributed by atoms with Crippen molar-refractivity contribution in [2.24, 2.45) is 0 Å². The molecule has 17 heteroatoms. The van der Waals surface area contributed by atoms with E-state index in [-0.39, 0.29) is 36.6 Å². The van der Waals surface area contributed by atoms with E-state index in [9.17, 15) is 14.4 Å². The van der Waals surface area contributed by atoms with Crippen LogP contribution in [0, 0.1) is 6.92 Å². The first-order valence-electron chi connectivity index (χ1n) is 17.3. The lowest BCUT2D eigenvalue weighted by Gasteiger charge is -2.16. The van der Waals surface area contributed by atoms with Gasteiger partial charge in [0.2, 0.25) is 11.8 Å². The number of benzene rings is 2. The Morgan fingerprint density at radius 3 is 2.55 bits per heavy atom. The average molecular weight is 805 g/mol. The molecule has 1 saturated heterocycles. The maximum absolute atomic E-state index is 12.2. The zero-order valence-electron chi connectivity index (χ0n) is 29.7. The Hall–Kier alpha value is -5.32. The van der Waals surface area contributed by atoms with E-state index in [2.05, 4.69) is 26.3 Å². The zero-order valence-corrected chi connectivity index (χ0v) is 32.0. The first-order chi connectivity index (χ1) is 26.7. The van der Waals surface area contributed by atoms with Gasteiger partial charge >= 0.3 is 11.8 Å². The highest BCUT2D eigenvalue weighted by Crippen LogP contribution is 2.42. The molecule has 1 fully saturated rings. The van der Waals surface area contributed by atoms with E-state index in [0.717, 1.165) is 21.7 Å². The summed E-state index contributed by atoms with van der Waals surface area (Å²) in [5.74, 6) is 0.124. The highest BCUT2D eigenvalue weighted by Gasteiger charge is 2.21. The van der Waals surface area contributed by atoms with E-state index in [4.69, 9.17) is 51.5 Å². The number of aryl methyl sites for hydroxylation is 1. The van der Waals surface area contributed by atoms with Crippen molar-refractivity contribution in [2.45, 2.75) is 45.5 Å². The third-order valence-corrected chi connectivity index (χ3v) is 10.7. The number of methoxy groups -OCH3 is 1.